The fourth-order valence-corrected chi connectivity index (χ4v) is 9.41. The minimum absolute atomic E-state index is 0.164. The van der Waals surface area contributed by atoms with Crippen LogP contribution in [0.5, 0.6) is 0 Å². The van der Waals surface area contributed by atoms with Crippen molar-refractivity contribution in [2.24, 2.45) is 0 Å². The van der Waals surface area contributed by atoms with Gasteiger partial charge in [0.15, 0.2) is 0 Å². The predicted molar refractivity (Wildman–Crippen MR) is 253 cm³/mol. The second-order valence-electron chi connectivity index (χ2n) is 16.2. The molecule has 1 aliphatic heterocycles. The molecule has 2 heterocycles. The smallest absolute Gasteiger partial charge is 0.0542 e. The van der Waals surface area contributed by atoms with Crippen LogP contribution >= 0.6 is 0 Å². The summed E-state index contributed by atoms with van der Waals surface area (Å²) in [5.74, 6) is 0. The number of hydrogen-bond donors (Lipinski definition) is 0. The number of benzene rings is 9. The zero-order valence-corrected chi connectivity index (χ0v) is 33.7. The highest BCUT2D eigenvalue weighted by molar-refractivity contribution is 6.10. The molecule has 10 aromatic rings. The summed E-state index contributed by atoms with van der Waals surface area (Å²) in [6.45, 7) is 4.70. The molecule has 3 nitrogen and oxygen atoms in total. The molecule has 286 valence electrons. The van der Waals surface area contributed by atoms with Crippen molar-refractivity contribution in [2.45, 2.75) is 19.3 Å². The number of aromatic nitrogens is 1. The fraction of sp³-hybridized carbons (Fsp3) is 0.0526. The van der Waals surface area contributed by atoms with Crippen molar-refractivity contribution in [2.75, 3.05) is 9.80 Å². The number of para-hydroxylation sites is 4. The molecule has 11 rings (SSSR count). The van der Waals surface area contributed by atoms with Crippen LogP contribution in [0, 0.1) is 0 Å². The fourth-order valence-electron chi connectivity index (χ4n) is 9.41. The lowest BCUT2D eigenvalue weighted by Gasteiger charge is -2.42. The Labute approximate surface area is 351 Å². The Kier molecular flexibility index (Phi) is 8.49. The summed E-state index contributed by atoms with van der Waals surface area (Å²) >= 11 is 0. The maximum atomic E-state index is 2.44. The van der Waals surface area contributed by atoms with E-state index in [0.717, 1.165) is 34.0 Å². The van der Waals surface area contributed by atoms with Gasteiger partial charge < -0.3 is 14.4 Å². The van der Waals surface area contributed by atoms with E-state index < -0.39 is 0 Å². The molecular weight excluding hydrogens is 727 g/mol. The van der Waals surface area contributed by atoms with Gasteiger partial charge in [-0.05, 0) is 118 Å². The highest BCUT2D eigenvalue weighted by Crippen LogP contribution is 2.53. The van der Waals surface area contributed by atoms with Crippen LogP contribution in [0.1, 0.15) is 25.0 Å². The van der Waals surface area contributed by atoms with Gasteiger partial charge in [-0.25, -0.2) is 0 Å². The SMILES string of the molecule is CC1(C)c2ccccc2N(c2ccccc2)c2cc(-c3cccc(N(c4ccc(-c5ccccc5)cc4)c4ccc5c(c4)c4ccccc4n5-c4ccccc4)c3)ccc21. The minimum atomic E-state index is -0.164. The van der Waals surface area contributed by atoms with E-state index >= 15 is 0 Å². The molecule has 0 radical (unpaired) electrons. The second kappa shape index (κ2) is 14.3. The Bertz CT molecular complexity index is 3160. The monoisotopic (exact) mass is 769 g/mol. The van der Waals surface area contributed by atoms with Gasteiger partial charge >= 0.3 is 0 Å². The second-order valence-corrected chi connectivity index (χ2v) is 16.2. The van der Waals surface area contributed by atoms with E-state index in [2.05, 4.69) is 253 Å². The molecule has 0 amide bonds. The first-order valence-corrected chi connectivity index (χ1v) is 20.8. The number of nitrogens with zero attached hydrogens (tertiary/aromatic N) is 3. The van der Waals surface area contributed by atoms with Gasteiger partial charge in [-0.15, -0.1) is 0 Å². The average Bonchev–Trinajstić information content (AvgIpc) is 3.64. The molecule has 0 spiro atoms. The molecule has 0 saturated heterocycles. The molecule has 1 aliphatic rings. The van der Waals surface area contributed by atoms with E-state index in [4.69, 9.17) is 0 Å². The van der Waals surface area contributed by atoms with E-state index in [9.17, 15) is 0 Å². The first-order chi connectivity index (χ1) is 29.5. The summed E-state index contributed by atoms with van der Waals surface area (Å²) in [7, 11) is 0. The van der Waals surface area contributed by atoms with Gasteiger partial charge in [0.05, 0.1) is 22.4 Å². The average molecular weight is 770 g/mol. The van der Waals surface area contributed by atoms with Crippen LogP contribution in [0.3, 0.4) is 0 Å². The lowest BCUT2D eigenvalue weighted by molar-refractivity contribution is 0.632. The Morgan fingerprint density at radius 2 is 0.900 bits per heavy atom. The van der Waals surface area contributed by atoms with Gasteiger partial charge in [-0.2, -0.15) is 0 Å². The number of hydrogen-bond acceptors (Lipinski definition) is 2. The van der Waals surface area contributed by atoms with Crippen molar-refractivity contribution >= 4 is 55.9 Å². The van der Waals surface area contributed by atoms with Crippen molar-refractivity contribution in [1.82, 2.24) is 4.57 Å². The molecule has 3 heteroatoms. The number of anilines is 6. The van der Waals surface area contributed by atoms with Crippen LogP contribution < -0.4 is 9.80 Å². The molecule has 0 atom stereocenters. The van der Waals surface area contributed by atoms with Gasteiger partial charge in [-0.3, -0.25) is 0 Å². The first-order valence-electron chi connectivity index (χ1n) is 20.8. The molecule has 0 saturated carbocycles. The van der Waals surface area contributed by atoms with Gasteiger partial charge in [0, 0.05) is 44.6 Å². The Balaban J connectivity index is 1.07. The van der Waals surface area contributed by atoms with Gasteiger partial charge in [0.25, 0.3) is 0 Å². The predicted octanol–water partition coefficient (Wildman–Crippen LogP) is 15.7. The zero-order chi connectivity index (χ0) is 40.2. The molecular formula is C57H43N3. The van der Waals surface area contributed by atoms with Crippen molar-refractivity contribution in [1.29, 1.82) is 0 Å². The standard InChI is InChI=1S/C57H43N3/c1-57(2)51-26-13-15-28-55(51)60(45-22-10-5-11-23-45)56-38-43(31-35-52(56)57)42-19-16-24-47(37-42)58(46-32-29-41(30-33-46)40-17-6-3-7-18-40)48-34-36-54-50(39-48)49-25-12-14-27-53(49)59(54)44-20-8-4-9-21-44/h3-39H,1-2H3. The highest BCUT2D eigenvalue weighted by atomic mass is 15.2. The minimum Gasteiger partial charge on any atom is -0.310 e. The van der Waals surface area contributed by atoms with Crippen LogP contribution in [0.15, 0.2) is 224 Å². The molecule has 60 heavy (non-hydrogen) atoms. The van der Waals surface area contributed by atoms with Crippen LogP contribution in [-0.2, 0) is 5.41 Å². The highest BCUT2D eigenvalue weighted by Gasteiger charge is 2.37. The zero-order valence-electron chi connectivity index (χ0n) is 33.7. The summed E-state index contributed by atoms with van der Waals surface area (Å²) in [5.41, 5.74) is 17.6. The quantitative estimate of drug-likeness (QED) is 0.160. The maximum Gasteiger partial charge on any atom is 0.0542 e. The largest absolute Gasteiger partial charge is 0.310 e. The topological polar surface area (TPSA) is 11.4 Å². The molecule has 0 fully saturated rings. The van der Waals surface area contributed by atoms with Crippen LogP contribution in [-0.4, -0.2) is 4.57 Å². The summed E-state index contributed by atoms with van der Waals surface area (Å²) in [6.07, 6.45) is 0. The molecule has 1 aromatic heterocycles. The third-order valence-electron chi connectivity index (χ3n) is 12.3. The number of fused-ring (bicyclic) bond motifs is 5. The van der Waals surface area contributed by atoms with E-state index in [1.54, 1.807) is 0 Å². The lowest BCUT2D eigenvalue weighted by Crippen LogP contribution is -2.30. The normalized spacial score (nSPS) is 12.9. The lowest BCUT2D eigenvalue weighted by atomic mass is 9.73. The Hall–Kier alpha value is -7.62. The number of rotatable bonds is 7. The van der Waals surface area contributed by atoms with E-state index in [0.29, 0.717) is 0 Å². The molecule has 0 N–H and O–H groups in total. The third kappa shape index (κ3) is 5.89. The third-order valence-corrected chi connectivity index (χ3v) is 12.3. The maximum absolute atomic E-state index is 2.44. The van der Waals surface area contributed by atoms with E-state index in [-0.39, 0.29) is 5.41 Å². The van der Waals surface area contributed by atoms with E-state index in [1.165, 1.54) is 61.0 Å². The van der Waals surface area contributed by atoms with Crippen LogP contribution in [0.2, 0.25) is 0 Å². The van der Waals surface area contributed by atoms with Crippen molar-refractivity contribution in [3.63, 3.8) is 0 Å². The van der Waals surface area contributed by atoms with Crippen molar-refractivity contribution < 1.29 is 0 Å². The molecule has 0 unspecified atom stereocenters. The first kappa shape index (κ1) is 35.5. The van der Waals surface area contributed by atoms with Gasteiger partial charge in [0.2, 0.25) is 0 Å². The Morgan fingerprint density at radius 1 is 0.350 bits per heavy atom. The Morgan fingerprint density at radius 3 is 1.68 bits per heavy atom. The van der Waals surface area contributed by atoms with Crippen LogP contribution in [0.25, 0.3) is 49.7 Å². The summed E-state index contributed by atoms with van der Waals surface area (Å²) < 4.78 is 2.38. The van der Waals surface area contributed by atoms with E-state index in [1.807, 2.05) is 0 Å². The van der Waals surface area contributed by atoms with Gasteiger partial charge in [0.1, 0.15) is 0 Å². The van der Waals surface area contributed by atoms with Crippen molar-refractivity contribution in [3.8, 4) is 27.9 Å². The summed E-state index contributed by atoms with van der Waals surface area (Å²) in [5, 5.41) is 2.44. The summed E-state index contributed by atoms with van der Waals surface area (Å²) in [4.78, 5) is 4.84. The molecule has 9 aromatic carbocycles. The molecule has 0 aliphatic carbocycles. The molecule has 0 bridgehead atoms. The van der Waals surface area contributed by atoms with Crippen LogP contribution in [0.4, 0.5) is 34.1 Å². The van der Waals surface area contributed by atoms with Crippen molar-refractivity contribution in [3.05, 3.63) is 236 Å². The summed E-state index contributed by atoms with van der Waals surface area (Å²) in [6, 6.07) is 81.6. The van der Waals surface area contributed by atoms with Gasteiger partial charge in [-0.1, -0.05) is 153 Å².